The third kappa shape index (κ3) is 4.27. The number of nitrogens with one attached hydrogen (secondary N) is 1. The number of hydrogen-bond acceptors (Lipinski definition) is 4. The first-order valence-corrected chi connectivity index (χ1v) is 9.51. The highest BCUT2D eigenvalue weighted by molar-refractivity contribution is 5.91. The summed E-state index contributed by atoms with van der Waals surface area (Å²) in [5, 5.41) is 7.40. The van der Waals surface area contributed by atoms with Gasteiger partial charge in [-0.3, -0.25) is 9.48 Å². The number of carbonyl (C=O) groups excluding carboxylic acids is 1. The fraction of sp³-hybridized carbons (Fsp3) is 0.364. The summed E-state index contributed by atoms with van der Waals surface area (Å²) >= 11 is 0. The second-order valence-electron chi connectivity index (χ2n) is 7.00. The van der Waals surface area contributed by atoms with Gasteiger partial charge in [0.1, 0.15) is 18.1 Å². The number of nitrogens with zero attached hydrogens (tertiary/aromatic N) is 2. The van der Waals surface area contributed by atoms with Gasteiger partial charge < -0.3 is 14.5 Å². The smallest absolute Gasteiger partial charge is 0.287 e. The van der Waals surface area contributed by atoms with Gasteiger partial charge in [0, 0.05) is 18.3 Å². The Morgan fingerprint density at radius 1 is 1.21 bits per heavy atom. The molecular weight excluding hydrogens is 354 g/mol. The zero-order chi connectivity index (χ0) is 20.3. The molecule has 0 aliphatic heterocycles. The quantitative estimate of drug-likeness (QED) is 0.655. The van der Waals surface area contributed by atoms with Crippen molar-refractivity contribution >= 4 is 5.91 Å². The van der Waals surface area contributed by atoms with Crippen molar-refractivity contribution in [3.63, 3.8) is 0 Å². The summed E-state index contributed by atoms with van der Waals surface area (Å²) in [5.74, 6) is 1.47. The second kappa shape index (κ2) is 8.33. The number of hydrogen-bond donors (Lipinski definition) is 1. The normalized spacial score (nSPS) is 12.0. The minimum atomic E-state index is -0.255. The first-order chi connectivity index (χ1) is 13.4. The Hall–Kier alpha value is -3.02. The molecule has 0 fully saturated rings. The number of benzene rings is 1. The minimum Gasteiger partial charge on any atom is -0.485 e. The maximum atomic E-state index is 12.5. The lowest BCUT2D eigenvalue weighted by Gasteiger charge is -2.12. The van der Waals surface area contributed by atoms with E-state index in [-0.39, 0.29) is 24.3 Å². The summed E-state index contributed by atoms with van der Waals surface area (Å²) in [5.41, 5.74) is 4.06. The van der Waals surface area contributed by atoms with E-state index in [9.17, 15) is 4.79 Å². The van der Waals surface area contributed by atoms with Gasteiger partial charge >= 0.3 is 0 Å². The van der Waals surface area contributed by atoms with Gasteiger partial charge in [-0.25, -0.2) is 0 Å². The van der Waals surface area contributed by atoms with Crippen molar-refractivity contribution in [1.82, 2.24) is 15.1 Å². The molecule has 0 spiro atoms. The van der Waals surface area contributed by atoms with Crippen molar-refractivity contribution in [2.75, 3.05) is 0 Å². The molecule has 3 aromatic rings. The molecule has 1 aromatic carbocycles. The first-order valence-electron chi connectivity index (χ1n) is 9.51. The molecule has 6 nitrogen and oxygen atoms in total. The van der Waals surface area contributed by atoms with Gasteiger partial charge in [0.25, 0.3) is 5.91 Å². The third-order valence-electron chi connectivity index (χ3n) is 4.78. The molecular formula is C22H27N3O3. The SMILES string of the molecule is CCn1cc(C(C)NC(=O)c2ccc(COc3c(C)cccc3C)o2)c(C)n1. The largest absolute Gasteiger partial charge is 0.485 e. The van der Waals surface area contributed by atoms with Crippen molar-refractivity contribution < 1.29 is 13.9 Å². The van der Waals surface area contributed by atoms with Crippen molar-refractivity contribution in [3.8, 4) is 5.75 Å². The molecule has 2 aromatic heterocycles. The number of furan rings is 1. The van der Waals surface area contributed by atoms with E-state index in [1.54, 1.807) is 12.1 Å². The molecule has 0 aliphatic carbocycles. The monoisotopic (exact) mass is 381 g/mol. The molecule has 3 rings (SSSR count). The van der Waals surface area contributed by atoms with Crippen LogP contribution in [0.5, 0.6) is 5.75 Å². The summed E-state index contributed by atoms with van der Waals surface area (Å²) in [6, 6.07) is 9.30. The Bertz CT molecular complexity index is 951. The Morgan fingerprint density at radius 2 is 1.93 bits per heavy atom. The van der Waals surface area contributed by atoms with E-state index in [2.05, 4.69) is 10.4 Å². The van der Waals surface area contributed by atoms with Crippen LogP contribution in [0.4, 0.5) is 0 Å². The second-order valence-corrected chi connectivity index (χ2v) is 7.00. The van der Waals surface area contributed by atoms with E-state index in [4.69, 9.17) is 9.15 Å². The summed E-state index contributed by atoms with van der Waals surface area (Å²) in [4.78, 5) is 12.5. The fourth-order valence-electron chi connectivity index (χ4n) is 3.21. The summed E-state index contributed by atoms with van der Waals surface area (Å²) < 4.78 is 13.4. The summed E-state index contributed by atoms with van der Waals surface area (Å²) in [6.07, 6.45) is 1.96. The van der Waals surface area contributed by atoms with Gasteiger partial charge in [-0.2, -0.15) is 5.10 Å². The van der Waals surface area contributed by atoms with Gasteiger partial charge in [0.05, 0.1) is 11.7 Å². The van der Waals surface area contributed by atoms with Gasteiger partial charge in [-0.05, 0) is 57.9 Å². The Morgan fingerprint density at radius 3 is 2.57 bits per heavy atom. The Kier molecular flexibility index (Phi) is 5.87. The van der Waals surface area contributed by atoms with Crippen LogP contribution in [0.25, 0.3) is 0 Å². The Balaban J connectivity index is 1.63. The van der Waals surface area contributed by atoms with Crippen molar-refractivity contribution in [3.05, 3.63) is 70.4 Å². The van der Waals surface area contributed by atoms with E-state index in [1.807, 2.05) is 63.7 Å². The number of carbonyl (C=O) groups is 1. The fourth-order valence-corrected chi connectivity index (χ4v) is 3.21. The Labute approximate surface area is 165 Å². The highest BCUT2D eigenvalue weighted by Gasteiger charge is 2.18. The molecule has 0 radical (unpaired) electrons. The predicted molar refractivity (Wildman–Crippen MR) is 107 cm³/mol. The number of rotatable bonds is 7. The predicted octanol–water partition coefficient (Wildman–Crippen LogP) is 4.49. The number of aryl methyl sites for hydroxylation is 4. The number of para-hydroxylation sites is 1. The molecule has 2 heterocycles. The molecule has 0 aliphatic rings. The van der Waals surface area contributed by atoms with Crippen molar-refractivity contribution in [2.24, 2.45) is 0 Å². The molecule has 0 bridgehead atoms. The lowest BCUT2D eigenvalue weighted by atomic mass is 10.1. The highest BCUT2D eigenvalue weighted by atomic mass is 16.5. The van der Waals surface area contributed by atoms with E-state index in [1.165, 1.54) is 0 Å². The number of ether oxygens (including phenoxy) is 1. The molecule has 28 heavy (non-hydrogen) atoms. The molecule has 6 heteroatoms. The highest BCUT2D eigenvalue weighted by Crippen LogP contribution is 2.24. The molecule has 0 saturated heterocycles. The standard InChI is InChI=1S/C22H27N3O3/c1-6-25-12-19(17(5)24-25)16(4)23-22(26)20-11-10-18(28-20)13-27-21-14(2)8-7-9-15(21)3/h7-12,16H,6,13H2,1-5H3,(H,23,26). The molecule has 1 N–H and O–H groups in total. The maximum Gasteiger partial charge on any atom is 0.287 e. The minimum absolute atomic E-state index is 0.160. The third-order valence-corrected chi connectivity index (χ3v) is 4.78. The van der Waals surface area contributed by atoms with Crippen LogP contribution in [0.3, 0.4) is 0 Å². The lowest BCUT2D eigenvalue weighted by molar-refractivity contribution is 0.0907. The van der Waals surface area contributed by atoms with Crippen molar-refractivity contribution in [2.45, 2.75) is 53.8 Å². The van der Waals surface area contributed by atoms with Gasteiger partial charge in [-0.1, -0.05) is 18.2 Å². The number of amides is 1. The zero-order valence-corrected chi connectivity index (χ0v) is 17.1. The molecule has 148 valence electrons. The average Bonchev–Trinajstić information content (AvgIpc) is 3.28. The van der Waals surface area contributed by atoms with Gasteiger partial charge in [0.2, 0.25) is 0 Å². The summed E-state index contributed by atoms with van der Waals surface area (Å²) in [6.45, 7) is 11.0. The number of aromatic nitrogens is 2. The summed E-state index contributed by atoms with van der Waals surface area (Å²) in [7, 11) is 0. The van der Waals surface area contributed by atoms with E-state index < -0.39 is 0 Å². The first kappa shape index (κ1) is 19.7. The zero-order valence-electron chi connectivity index (χ0n) is 17.1. The van der Waals surface area contributed by atoms with Crippen LogP contribution in [0, 0.1) is 20.8 Å². The van der Waals surface area contributed by atoms with E-state index >= 15 is 0 Å². The molecule has 0 saturated carbocycles. The van der Waals surface area contributed by atoms with E-state index in [0.29, 0.717) is 5.76 Å². The van der Waals surface area contributed by atoms with E-state index in [0.717, 1.165) is 34.7 Å². The lowest BCUT2D eigenvalue weighted by Crippen LogP contribution is -2.26. The van der Waals surface area contributed by atoms with Crippen LogP contribution in [0.15, 0.2) is 40.9 Å². The van der Waals surface area contributed by atoms with Crippen LogP contribution < -0.4 is 10.1 Å². The van der Waals surface area contributed by atoms with Crippen LogP contribution in [-0.2, 0) is 13.2 Å². The van der Waals surface area contributed by atoms with Crippen LogP contribution >= 0.6 is 0 Å². The van der Waals surface area contributed by atoms with Crippen LogP contribution in [0.1, 0.15) is 58.6 Å². The maximum absolute atomic E-state index is 12.5. The molecule has 1 unspecified atom stereocenters. The van der Waals surface area contributed by atoms with Gasteiger partial charge in [0.15, 0.2) is 5.76 Å². The van der Waals surface area contributed by atoms with Crippen molar-refractivity contribution in [1.29, 1.82) is 0 Å². The molecule has 1 amide bonds. The molecule has 1 atom stereocenters. The van der Waals surface area contributed by atoms with Crippen LogP contribution in [-0.4, -0.2) is 15.7 Å². The average molecular weight is 381 g/mol. The van der Waals surface area contributed by atoms with Gasteiger partial charge in [-0.15, -0.1) is 0 Å². The van der Waals surface area contributed by atoms with Crippen LogP contribution in [0.2, 0.25) is 0 Å². The topological polar surface area (TPSA) is 69.3 Å².